The van der Waals surface area contributed by atoms with Crippen LogP contribution in [0.2, 0.25) is 0 Å². The van der Waals surface area contributed by atoms with Crippen molar-refractivity contribution in [3.05, 3.63) is 63.0 Å². The molecule has 0 bridgehead atoms. The van der Waals surface area contributed by atoms with E-state index >= 15 is 0 Å². The molecule has 0 atom stereocenters. The van der Waals surface area contributed by atoms with Crippen molar-refractivity contribution >= 4 is 27.5 Å². The van der Waals surface area contributed by atoms with Gasteiger partial charge in [0.05, 0.1) is 0 Å². The fraction of sp³-hybridized carbons (Fsp3) is 0.250. The zero-order valence-electron chi connectivity index (χ0n) is 12.3. The molecule has 0 unspecified atom stereocenters. The van der Waals surface area contributed by atoms with Gasteiger partial charge in [0.25, 0.3) is 5.56 Å². The molecule has 0 aliphatic heterocycles. The highest BCUT2D eigenvalue weighted by atomic mass is 79.9. The summed E-state index contributed by atoms with van der Waals surface area (Å²) < 4.78 is 2.12. The van der Waals surface area contributed by atoms with E-state index in [-0.39, 0.29) is 18.0 Å². The molecule has 0 aliphatic carbocycles. The van der Waals surface area contributed by atoms with Crippen LogP contribution in [0.25, 0.3) is 0 Å². The van der Waals surface area contributed by atoms with Crippen LogP contribution in [0.15, 0.2) is 51.9 Å². The van der Waals surface area contributed by atoms with E-state index in [4.69, 9.17) is 0 Å². The summed E-state index contributed by atoms with van der Waals surface area (Å²) >= 11 is 3.29. The summed E-state index contributed by atoms with van der Waals surface area (Å²) in [4.78, 5) is 23.8. The zero-order valence-corrected chi connectivity index (χ0v) is 13.9. The lowest BCUT2D eigenvalue weighted by atomic mass is 10.2. The molecular formula is C16H18BrN3O2. The Hall–Kier alpha value is -1.92. The maximum Gasteiger partial charge on any atom is 0.251 e. The van der Waals surface area contributed by atoms with Crippen LogP contribution in [0.3, 0.4) is 0 Å². The Morgan fingerprint density at radius 2 is 2.09 bits per heavy atom. The number of halogens is 1. The second kappa shape index (κ2) is 7.91. The fourth-order valence-corrected chi connectivity index (χ4v) is 2.39. The summed E-state index contributed by atoms with van der Waals surface area (Å²) in [6.07, 6.45) is 1.60. The molecule has 0 saturated carbocycles. The van der Waals surface area contributed by atoms with Crippen molar-refractivity contribution in [1.29, 1.82) is 0 Å². The van der Waals surface area contributed by atoms with Crippen molar-refractivity contribution in [2.75, 3.05) is 11.9 Å². The van der Waals surface area contributed by atoms with Crippen LogP contribution in [-0.2, 0) is 17.9 Å². The van der Waals surface area contributed by atoms with Gasteiger partial charge in [-0.2, -0.15) is 0 Å². The molecule has 1 aromatic carbocycles. The van der Waals surface area contributed by atoms with Gasteiger partial charge in [0.2, 0.25) is 5.91 Å². The first-order chi connectivity index (χ1) is 10.6. The number of amides is 1. The first-order valence-electron chi connectivity index (χ1n) is 7.04. The number of carbonyl (C=O) groups is 1. The van der Waals surface area contributed by atoms with Gasteiger partial charge in [0.15, 0.2) is 0 Å². The van der Waals surface area contributed by atoms with Crippen LogP contribution in [-0.4, -0.2) is 17.0 Å². The average molecular weight is 364 g/mol. The molecule has 2 aromatic rings. The van der Waals surface area contributed by atoms with Gasteiger partial charge < -0.3 is 15.2 Å². The summed E-state index contributed by atoms with van der Waals surface area (Å²) in [6, 6.07) is 10.7. The summed E-state index contributed by atoms with van der Waals surface area (Å²) in [6.45, 7) is 3.67. The van der Waals surface area contributed by atoms with E-state index in [0.29, 0.717) is 0 Å². The van der Waals surface area contributed by atoms with Gasteiger partial charge in [-0.05, 0) is 46.2 Å². The standard InChI is InChI=1S/C16H18BrN3O2/c1-2-18-9-12-4-3-5-14(8-12)19-15(21)11-20-10-13(17)6-7-16(20)22/h3-8,10,18H,2,9,11H2,1H3,(H,19,21). The molecule has 22 heavy (non-hydrogen) atoms. The predicted octanol–water partition coefficient (Wildman–Crippen LogP) is 2.36. The van der Waals surface area contributed by atoms with Crippen molar-refractivity contribution in [3.63, 3.8) is 0 Å². The van der Waals surface area contributed by atoms with Crippen LogP contribution < -0.4 is 16.2 Å². The summed E-state index contributed by atoms with van der Waals surface area (Å²) in [7, 11) is 0. The summed E-state index contributed by atoms with van der Waals surface area (Å²) in [5.74, 6) is -0.235. The maximum atomic E-state index is 12.1. The number of pyridine rings is 1. The van der Waals surface area contributed by atoms with Crippen molar-refractivity contribution in [3.8, 4) is 0 Å². The van der Waals surface area contributed by atoms with E-state index in [1.807, 2.05) is 31.2 Å². The quantitative estimate of drug-likeness (QED) is 0.827. The van der Waals surface area contributed by atoms with Gasteiger partial charge in [-0.1, -0.05) is 19.1 Å². The third-order valence-electron chi connectivity index (χ3n) is 3.05. The summed E-state index contributed by atoms with van der Waals surface area (Å²) in [5.41, 5.74) is 1.61. The number of hydrogen-bond donors (Lipinski definition) is 2. The van der Waals surface area contributed by atoms with E-state index in [9.17, 15) is 9.59 Å². The van der Waals surface area contributed by atoms with Gasteiger partial charge in [0, 0.05) is 29.0 Å². The van der Waals surface area contributed by atoms with E-state index in [0.717, 1.165) is 28.8 Å². The molecule has 6 heteroatoms. The van der Waals surface area contributed by atoms with Gasteiger partial charge >= 0.3 is 0 Å². The highest BCUT2D eigenvalue weighted by molar-refractivity contribution is 9.10. The Morgan fingerprint density at radius 3 is 2.86 bits per heavy atom. The number of aromatic nitrogens is 1. The SMILES string of the molecule is CCNCc1cccc(NC(=O)Cn2cc(Br)ccc2=O)c1. The third-order valence-corrected chi connectivity index (χ3v) is 3.52. The van der Waals surface area contributed by atoms with Crippen LogP contribution >= 0.6 is 15.9 Å². The van der Waals surface area contributed by atoms with Crippen molar-refractivity contribution in [1.82, 2.24) is 9.88 Å². The zero-order chi connectivity index (χ0) is 15.9. The first kappa shape index (κ1) is 16.5. The third kappa shape index (κ3) is 4.82. The second-order valence-corrected chi connectivity index (χ2v) is 5.76. The highest BCUT2D eigenvalue weighted by Crippen LogP contribution is 2.11. The van der Waals surface area contributed by atoms with Gasteiger partial charge in [-0.25, -0.2) is 0 Å². The van der Waals surface area contributed by atoms with Crippen LogP contribution in [0.4, 0.5) is 5.69 Å². The molecule has 1 amide bonds. The number of rotatable bonds is 6. The lowest BCUT2D eigenvalue weighted by Gasteiger charge is -2.09. The van der Waals surface area contributed by atoms with Gasteiger partial charge in [0.1, 0.15) is 6.54 Å². The first-order valence-corrected chi connectivity index (χ1v) is 7.83. The lowest BCUT2D eigenvalue weighted by molar-refractivity contribution is -0.116. The molecule has 1 heterocycles. The normalized spacial score (nSPS) is 10.5. The van der Waals surface area contributed by atoms with Crippen LogP contribution in [0, 0.1) is 0 Å². The topological polar surface area (TPSA) is 63.1 Å². The van der Waals surface area contributed by atoms with Crippen molar-refractivity contribution < 1.29 is 4.79 Å². The molecule has 0 fully saturated rings. The summed E-state index contributed by atoms with van der Waals surface area (Å²) in [5, 5.41) is 6.05. The predicted molar refractivity (Wildman–Crippen MR) is 90.9 cm³/mol. The Morgan fingerprint density at radius 1 is 1.27 bits per heavy atom. The van der Waals surface area contributed by atoms with E-state index in [2.05, 4.69) is 26.6 Å². The molecule has 116 valence electrons. The molecule has 5 nitrogen and oxygen atoms in total. The Bertz CT molecular complexity index is 713. The second-order valence-electron chi connectivity index (χ2n) is 4.84. The number of benzene rings is 1. The van der Waals surface area contributed by atoms with Crippen molar-refractivity contribution in [2.45, 2.75) is 20.0 Å². The number of hydrogen-bond acceptors (Lipinski definition) is 3. The van der Waals surface area contributed by atoms with Crippen LogP contribution in [0.5, 0.6) is 0 Å². The largest absolute Gasteiger partial charge is 0.325 e. The van der Waals surface area contributed by atoms with E-state index in [1.165, 1.54) is 10.6 Å². The van der Waals surface area contributed by atoms with E-state index in [1.54, 1.807) is 12.3 Å². The minimum absolute atomic E-state index is 0.0181. The number of carbonyl (C=O) groups excluding carboxylic acids is 1. The molecular weight excluding hydrogens is 346 g/mol. The Balaban J connectivity index is 2.02. The molecule has 0 spiro atoms. The lowest BCUT2D eigenvalue weighted by Crippen LogP contribution is -2.26. The highest BCUT2D eigenvalue weighted by Gasteiger charge is 2.06. The molecule has 0 aliphatic rings. The minimum atomic E-state index is -0.235. The van der Waals surface area contributed by atoms with Gasteiger partial charge in [-0.15, -0.1) is 0 Å². The molecule has 2 N–H and O–H groups in total. The number of nitrogens with one attached hydrogen (secondary N) is 2. The molecule has 0 radical (unpaired) electrons. The monoisotopic (exact) mass is 363 g/mol. The fourth-order valence-electron chi connectivity index (χ4n) is 2.01. The molecule has 0 saturated heterocycles. The molecule has 1 aromatic heterocycles. The maximum absolute atomic E-state index is 12.1. The smallest absolute Gasteiger partial charge is 0.251 e. The Labute approximate surface area is 137 Å². The average Bonchev–Trinajstić information content (AvgIpc) is 2.49. The number of nitrogens with zero attached hydrogens (tertiary/aromatic N) is 1. The molecule has 2 rings (SSSR count). The minimum Gasteiger partial charge on any atom is -0.325 e. The van der Waals surface area contributed by atoms with Crippen molar-refractivity contribution in [2.24, 2.45) is 0 Å². The Kier molecular flexibility index (Phi) is 5.91. The number of anilines is 1. The van der Waals surface area contributed by atoms with Gasteiger partial charge in [-0.3, -0.25) is 9.59 Å². The van der Waals surface area contributed by atoms with Crippen LogP contribution in [0.1, 0.15) is 12.5 Å². The van der Waals surface area contributed by atoms with E-state index < -0.39 is 0 Å².